The van der Waals surface area contributed by atoms with Crippen molar-refractivity contribution in [2.45, 2.75) is 37.8 Å². The normalized spacial score (nSPS) is 19.0. The summed E-state index contributed by atoms with van der Waals surface area (Å²) in [6.07, 6.45) is 6.20. The van der Waals surface area contributed by atoms with Gasteiger partial charge in [0.2, 0.25) is 5.95 Å². The van der Waals surface area contributed by atoms with Crippen molar-refractivity contribution in [1.29, 1.82) is 0 Å². The van der Waals surface area contributed by atoms with E-state index in [9.17, 15) is 4.79 Å². The Hall–Kier alpha value is -2.15. The van der Waals surface area contributed by atoms with E-state index in [1.807, 2.05) is 24.3 Å². The molecule has 1 fully saturated rings. The largest absolute Gasteiger partial charge is 0.381 e. The average molecular weight is 435 g/mol. The van der Waals surface area contributed by atoms with Gasteiger partial charge in [0.05, 0.1) is 6.10 Å². The van der Waals surface area contributed by atoms with E-state index in [0.717, 1.165) is 31.1 Å². The predicted octanol–water partition coefficient (Wildman–Crippen LogP) is 4.44. The third-order valence-electron chi connectivity index (χ3n) is 5.45. The summed E-state index contributed by atoms with van der Waals surface area (Å²) in [5, 5.41) is 4.75. The van der Waals surface area contributed by atoms with Crippen LogP contribution in [0.4, 0.5) is 5.95 Å². The molecule has 8 heteroatoms. The molecule has 2 aromatic heterocycles. The van der Waals surface area contributed by atoms with Crippen molar-refractivity contribution in [1.82, 2.24) is 14.5 Å². The van der Waals surface area contributed by atoms with Gasteiger partial charge >= 0.3 is 0 Å². The van der Waals surface area contributed by atoms with E-state index in [4.69, 9.17) is 16.3 Å². The number of fused-ring (bicyclic) bond motifs is 1. The van der Waals surface area contributed by atoms with Crippen molar-refractivity contribution in [3.05, 3.63) is 51.9 Å². The molecule has 3 aromatic rings. The van der Waals surface area contributed by atoms with Gasteiger partial charge in [-0.25, -0.2) is 4.98 Å². The van der Waals surface area contributed by atoms with Gasteiger partial charge in [-0.05, 0) is 37.8 Å². The summed E-state index contributed by atoms with van der Waals surface area (Å²) in [4.78, 5) is 22.0. The van der Waals surface area contributed by atoms with Crippen LogP contribution in [-0.2, 0) is 11.8 Å². The number of benzene rings is 1. The maximum absolute atomic E-state index is 12.9. The maximum Gasteiger partial charge on any atom is 0.259 e. The molecule has 0 atom stereocenters. The number of hydrogen-bond acceptors (Lipinski definition) is 5. The zero-order valence-corrected chi connectivity index (χ0v) is 18.0. The number of ether oxygens (including phenoxy) is 1. The second kappa shape index (κ2) is 9.11. The van der Waals surface area contributed by atoms with Gasteiger partial charge < -0.3 is 10.1 Å². The first-order valence-electron chi connectivity index (χ1n) is 9.48. The Labute approximate surface area is 180 Å². The van der Waals surface area contributed by atoms with Crippen LogP contribution in [0.15, 0.2) is 41.3 Å². The van der Waals surface area contributed by atoms with Crippen molar-refractivity contribution in [3.8, 4) is 11.1 Å². The van der Waals surface area contributed by atoms with E-state index in [1.54, 1.807) is 31.0 Å². The number of pyridine rings is 1. The van der Waals surface area contributed by atoms with Crippen LogP contribution >= 0.6 is 24.0 Å². The third-order valence-corrected chi connectivity index (χ3v) is 5.78. The first-order valence-corrected chi connectivity index (χ1v) is 9.85. The lowest BCUT2D eigenvalue weighted by molar-refractivity contribution is 0.0681. The van der Waals surface area contributed by atoms with Gasteiger partial charge in [-0.15, -0.1) is 12.4 Å². The Bertz CT molecular complexity index is 1060. The standard InChI is InChI=1S/C21H23ClN4O2.ClH/c1-26-19-13(11-17(20(26)27)16-5-3-4-6-18(16)22)12-23-21(25-19)24-14-7-9-15(28-2)10-8-14;/h3-6,11-12,14-15H,7-10H2,1-2H3,(H,23,24,25);1H. The number of anilines is 1. The summed E-state index contributed by atoms with van der Waals surface area (Å²) in [7, 11) is 3.49. The minimum atomic E-state index is -0.133. The van der Waals surface area contributed by atoms with Gasteiger partial charge in [0.1, 0.15) is 5.65 Å². The number of hydrogen-bond donors (Lipinski definition) is 1. The number of aryl methyl sites for hydroxylation is 1. The Morgan fingerprint density at radius 3 is 2.59 bits per heavy atom. The van der Waals surface area contributed by atoms with Crippen LogP contribution in [0.2, 0.25) is 5.02 Å². The van der Waals surface area contributed by atoms with Crippen molar-refractivity contribution < 1.29 is 4.74 Å². The molecule has 0 bridgehead atoms. The van der Waals surface area contributed by atoms with E-state index in [1.165, 1.54) is 0 Å². The van der Waals surface area contributed by atoms with Gasteiger partial charge in [0.25, 0.3) is 5.56 Å². The molecule has 1 aliphatic rings. The van der Waals surface area contributed by atoms with E-state index in [2.05, 4.69) is 15.3 Å². The van der Waals surface area contributed by atoms with Crippen molar-refractivity contribution >= 4 is 41.0 Å². The number of methoxy groups -OCH3 is 1. The molecule has 6 nitrogen and oxygen atoms in total. The molecule has 0 unspecified atom stereocenters. The van der Waals surface area contributed by atoms with Crippen LogP contribution in [0.25, 0.3) is 22.2 Å². The molecule has 1 aliphatic carbocycles. The highest BCUT2D eigenvalue weighted by atomic mass is 35.5. The number of nitrogens with zero attached hydrogens (tertiary/aromatic N) is 3. The summed E-state index contributed by atoms with van der Waals surface area (Å²) >= 11 is 6.29. The molecule has 4 rings (SSSR count). The molecular weight excluding hydrogens is 411 g/mol. The van der Waals surface area contributed by atoms with E-state index in [-0.39, 0.29) is 18.0 Å². The lowest BCUT2D eigenvalue weighted by atomic mass is 9.93. The van der Waals surface area contributed by atoms with Crippen LogP contribution in [0.3, 0.4) is 0 Å². The van der Waals surface area contributed by atoms with Crippen molar-refractivity contribution in [3.63, 3.8) is 0 Å². The summed E-state index contributed by atoms with van der Waals surface area (Å²) < 4.78 is 6.98. The van der Waals surface area contributed by atoms with Crippen LogP contribution in [-0.4, -0.2) is 33.8 Å². The topological polar surface area (TPSA) is 69.0 Å². The summed E-state index contributed by atoms with van der Waals surface area (Å²) in [5.41, 5.74) is 1.72. The first kappa shape index (κ1) is 21.6. The Morgan fingerprint density at radius 2 is 1.90 bits per heavy atom. The van der Waals surface area contributed by atoms with Crippen molar-refractivity contribution in [2.24, 2.45) is 7.05 Å². The monoisotopic (exact) mass is 434 g/mol. The molecule has 0 aliphatic heterocycles. The predicted molar refractivity (Wildman–Crippen MR) is 119 cm³/mol. The summed E-state index contributed by atoms with van der Waals surface area (Å²) in [5.74, 6) is 0.550. The highest BCUT2D eigenvalue weighted by molar-refractivity contribution is 6.33. The summed E-state index contributed by atoms with van der Waals surface area (Å²) in [6.45, 7) is 0. The second-order valence-electron chi connectivity index (χ2n) is 7.23. The molecule has 29 heavy (non-hydrogen) atoms. The lowest BCUT2D eigenvalue weighted by Crippen LogP contribution is -2.30. The number of aromatic nitrogens is 3. The Balaban J connectivity index is 0.00000240. The van der Waals surface area contributed by atoms with E-state index >= 15 is 0 Å². The smallest absolute Gasteiger partial charge is 0.259 e. The molecule has 0 saturated heterocycles. The molecule has 0 amide bonds. The van der Waals surface area contributed by atoms with Gasteiger partial charge in [-0.3, -0.25) is 9.36 Å². The SMILES string of the molecule is COC1CCC(Nc2ncc3cc(-c4ccccc4Cl)c(=O)n(C)c3n2)CC1.Cl. The van der Waals surface area contributed by atoms with Crippen LogP contribution in [0.5, 0.6) is 0 Å². The van der Waals surface area contributed by atoms with Crippen LogP contribution < -0.4 is 10.9 Å². The fraction of sp³-hybridized carbons (Fsp3) is 0.381. The Morgan fingerprint density at radius 1 is 1.17 bits per heavy atom. The fourth-order valence-corrected chi connectivity index (χ4v) is 4.05. The first-order chi connectivity index (χ1) is 13.6. The van der Waals surface area contributed by atoms with Crippen molar-refractivity contribution in [2.75, 3.05) is 12.4 Å². The molecule has 0 spiro atoms. The molecule has 1 saturated carbocycles. The average Bonchev–Trinajstić information content (AvgIpc) is 2.72. The number of rotatable bonds is 4. The quantitative estimate of drug-likeness (QED) is 0.656. The Kier molecular flexibility index (Phi) is 6.77. The number of halogens is 2. The fourth-order valence-electron chi connectivity index (χ4n) is 3.81. The zero-order valence-electron chi connectivity index (χ0n) is 16.4. The highest BCUT2D eigenvalue weighted by Gasteiger charge is 2.21. The third kappa shape index (κ3) is 4.39. The van der Waals surface area contributed by atoms with Gasteiger partial charge in [-0.2, -0.15) is 4.98 Å². The maximum atomic E-state index is 12.9. The molecule has 1 aromatic carbocycles. The van der Waals surface area contributed by atoms with Crippen LogP contribution in [0.1, 0.15) is 25.7 Å². The zero-order chi connectivity index (χ0) is 19.7. The molecular formula is C21H24Cl2N4O2. The molecule has 154 valence electrons. The second-order valence-corrected chi connectivity index (χ2v) is 7.64. The van der Waals surface area contributed by atoms with E-state index < -0.39 is 0 Å². The number of nitrogens with one attached hydrogen (secondary N) is 1. The minimum absolute atomic E-state index is 0. The minimum Gasteiger partial charge on any atom is -0.381 e. The highest BCUT2D eigenvalue weighted by Crippen LogP contribution is 2.27. The van der Waals surface area contributed by atoms with E-state index in [0.29, 0.717) is 39.9 Å². The summed E-state index contributed by atoms with van der Waals surface area (Å²) in [6, 6.07) is 9.47. The van der Waals surface area contributed by atoms with Crippen LogP contribution in [0, 0.1) is 0 Å². The molecule has 2 heterocycles. The van der Waals surface area contributed by atoms with Gasteiger partial charge in [0, 0.05) is 47.9 Å². The van der Waals surface area contributed by atoms with Gasteiger partial charge in [-0.1, -0.05) is 29.8 Å². The van der Waals surface area contributed by atoms with Gasteiger partial charge in [0.15, 0.2) is 0 Å². The molecule has 1 N–H and O–H groups in total. The lowest BCUT2D eigenvalue weighted by Gasteiger charge is -2.28. The molecule has 0 radical (unpaired) electrons.